The summed E-state index contributed by atoms with van der Waals surface area (Å²) in [5, 5.41) is 7.30. The van der Waals surface area contributed by atoms with Crippen LogP contribution in [0.25, 0.3) is 10.9 Å². The summed E-state index contributed by atoms with van der Waals surface area (Å²) in [5.74, 6) is 0. The van der Waals surface area contributed by atoms with E-state index < -0.39 is 10.0 Å². The maximum atomic E-state index is 13.3. The maximum Gasteiger partial charge on any atom is 0.269 e. The van der Waals surface area contributed by atoms with Crippen molar-refractivity contribution in [2.45, 2.75) is 18.4 Å². The lowest BCUT2D eigenvalue weighted by atomic mass is 10.1. The van der Waals surface area contributed by atoms with Gasteiger partial charge in [-0.15, -0.1) is 12.4 Å². The molecule has 0 aliphatic rings. The van der Waals surface area contributed by atoms with E-state index in [0.29, 0.717) is 12.1 Å². The second-order valence-corrected chi connectivity index (χ2v) is 8.48. The molecule has 1 aromatic carbocycles. The Morgan fingerprint density at radius 2 is 1.90 bits per heavy atom. The number of nitrogens with zero attached hydrogens (tertiary/aromatic N) is 3. The Morgan fingerprint density at radius 1 is 1.10 bits per heavy atom. The monoisotopic (exact) mass is 443 g/mol. The van der Waals surface area contributed by atoms with Gasteiger partial charge < -0.3 is 10.6 Å². The molecular weight excluding hydrogens is 422 g/mol. The van der Waals surface area contributed by atoms with Crippen molar-refractivity contribution in [2.24, 2.45) is 0 Å². The highest BCUT2D eigenvalue weighted by Gasteiger charge is 2.21. The van der Waals surface area contributed by atoms with Gasteiger partial charge >= 0.3 is 0 Å². The van der Waals surface area contributed by atoms with Gasteiger partial charge in [-0.2, -0.15) is 0 Å². The number of anilines is 2. The van der Waals surface area contributed by atoms with Crippen molar-refractivity contribution in [3.63, 3.8) is 0 Å². The molecule has 7 nitrogen and oxygen atoms in total. The molecule has 156 valence electrons. The molecule has 0 spiro atoms. The lowest BCUT2D eigenvalue weighted by Crippen LogP contribution is -2.12. The van der Waals surface area contributed by atoms with Crippen LogP contribution in [0.2, 0.25) is 0 Å². The first-order valence-electron chi connectivity index (χ1n) is 9.13. The van der Waals surface area contributed by atoms with E-state index in [0.717, 1.165) is 28.0 Å². The predicted octanol–water partition coefficient (Wildman–Crippen LogP) is 3.86. The quantitative estimate of drug-likeness (QED) is 0.470. The Bertz CT molecular complexity index is 1270. The van der Waals surface area contributed by atoms with Crippen molar-refractivity contribution in [3.05, 3.63) is 78.5 Å². The van der Waals surface area contributed by atoms with Gasteiger partial charge in [0.05, 0.1) is 16.9 Å². The summed E-state index contributed by atoms with van der Waals surface area (Å²) in [6.07, 6.45) is 6.32. The number of rotatable bonds is 6. The molecule has 0 aliphatic carbocycles. The minimum Gasteiger partial charge on any atom is -0.354 e. The first-order chi connectivity index (χ1) is 14.0. The predicted molar refractivity (Wildman–Crippen MR) is 121 cm³/mol. The number of nitrogens with one attached hydrogen (secondary N) is 2. The molecule has 0 unspecified atom stereocenters. The van der Waals surface area contributed by atoms with Crippen LogP contribution < -0.4 is 10.6 Å². The Kier molecular flexibility index (Phi) is 6.40. The molecular formula is C21H22ClN5O2S. The average molecular weight is 444 g/mol. The van der Waals surface area contributed by atoms with Crippen LogP contribution in [-0.2, 0) is 16.6 Å². The molecule has 0 amide bonds. The Morgan fingerprint density at radius 3 is 2.60 bits per heavy atom. The molecule has 30 heavy (non-hydrogen) atoms. The summed E-state index contributed by atoms with van der Waals surface area (Å²) in [7, 11) is -1.94. The highest BCUT2D eigenvalue weighted by molar-refractivity contribution is 7.90. The van der Waals surface area contributed by atoms with Crippen molar-refractivity contribution in [3.8, 4) is 0 Å². The molecule has 0 radical (unpaired) electrons. The molecule has 0 aliphatic heterocycles. The minimum absolute atomic E-state index is 0. The largest absolute Gasteiger partial charge is 0.354 e. The van der Waals surface area contributed by atoms with Crippen LogP contribution in [0.1, 0.15) is 11.3 Å². The van der Waals surface area contributed by atoms with Crippen LogP contribution in [-0.4, -0.2) is 29.4 Å². The molecule has 3 aromatic heterocycles. The fraction of sp³-hybridized carbons (Fsp3) is 0.143. The number of hydrogen-bond donors (Lipinski definition) is 2. The van der Waals surface area contributed by atoms with Gasteiger partial charge in [0, 0.05) is 42.4 Å². The van der Waals surface area contributed by atoms with Gasteiger partial charge in [0.1, 0.15) is 4.90 Å². The summed E-state index contributed by atoms with van der Waals surface area (Å²) in [5.41, 5.74) is 4.02. The van der Waals surface area contributed by atoms with Crippen LogP contribution in [0.4, 0.5) is 11.4 Å². The second-order valence-electron chi connectivity index (χ2n) is 6.67. The third kappa shape index (κ3) is 4.02. The molecule has 3 heterocycles. The summed E-state index contributed by atoms with van der Waals surface area (Å²) in [4.78, 5) is 8.39. The van der Waals surface area contributed by atoms with Crippen LogP contribution in [0.3, 0.4) is 0 Å². The molecule has 9 heteroatoms. The molecule has 2 N–H and O–H groups in total. The van der Waals surface area contributed by atoms with Gasteiger partial charge in [-0.05, 0) is 55.9 Å². The van der Waals surface area contributed by atoms with E-state index in [-0.39, 0.29) is 17.3 Å². The molecule has 0 saturated heterocycles. The van der Waals surface area contributed by atoms with E-state index in [4.69, 9.17) is 0 Å². The van der Waals surface area contributed by atoms with Crippen LogP contribution in [0.5, 0.6) is 0 Å². The molecule has 4 rings (SSSR count). The lowest BCUT2D eigenvalue weighted by molar-refractivity contribution is 0.588. The number of hydrogen-bond acceptors (Lipinski definition) is 6. The third-order valence-corrected chi connectivity index (χ3v) is 6.36. The van der Waals surface area contributed by atoms with Crippen LogP contribution in [0, 0.1) is 6.92 Å². The molecule has 0 atom stereocenters. The van der Waals surface area contributed by atoms with Crippen molar-refractivity contribution < 1.29 is 8.42 Å². The van der Waals surface area contributed by atoms with Gasteiger partial charge in [0.15, 0.2) is 0 Å². The Balaban J connectivity index is 0.00000256. The number of aromatic nitrogens is 3. The fourth-order valence-corrected chi connectivity index (χ4v) is 4.61. The number of benzene rings is 1. The Labute approximate surface area is 181 Å². The van der Waals surface area contributed by atoms with Gasteiger partial charge in [0.2, 0.25) is 0 Å². The summed E-state index contributed by atoms with van der Waals surface area (Å²) >= 11 is 0. The van der Waals surface area contributed by atoms with Crippen molar-refractivity contribution in [2.75, 3.05) is 12.4 Å². The van der Waals surface area contributed by atoms with Crippen LogP contribution in [0.15, 0.2) is 72.1 Å². The second kappa shape index (κ2) is 8.83. The van der Waals surface area contributed by atoms with E-state index >= 15 is 0 Å². The zero-order valence-electron chi connectivity index (χ0n) is 16.5. The van der Waals surface area contributed by atoms with Gasteiger partial charge in [-0.3, -0.25) is 9.97 Å². The van der Waals surface area contributed by atoms with Gasteiger partial charge in [-0.25, -0.2) is 12.4 Å². The highest BCUT2D eigenvalue weighted by Crippen LogP contribution is 2.30. The number of halogens is 1. The standard InChI is InChI=1S/C21H21N5O2S.ClH/c1-15-20(6-4-10-24-15)25-17-7-8-19-16(12-22-2)14-26(21(19)11-17)29(27,28)18-5-3-9-23-13-18;/h3-11,13-14,22,25H,12H2,1-2H3;1H. The van der Waals surface area contributed by atoms with E-state index in [1.807, 2.05) is 44.3 Å². The normalized spacial score (nSPS) is 11.3. The van der Waals surface area contributed by atoms with Crippen molar-refractivity contribution >= 4 is 44.7 Å². The average Bonchev–Trinajstić information content (AvgIpc) is 3.09. The SMILES string of the molecule is CNCc1cn(S(=O)(=O)c2cccnc2)c2cc(Nc3cccnc3C)ccc12.Cl. The molecule has 0 bridgehead atoms. The van der Waals surface area contributed by atoms with Crippen molar-refractivity contribution in [1.29, 1.82) is 0 Å². The third-order valence-electron chi connectivity index (χ3n) is 4.70. The zero-order valence-corrected chi connectivity index (χ0v) is 18.2. The first kappa shape index (κ1) is 21.8. The minimum atomic E-state index is -3.77. The van der Waals surface area contributed by atoms with E-state index in [1.165, 1.54) is 10.2 Å². The van der Waals surface area contributed by atoms with Crippen molar-refractivity contribution in [1.82, 2.24) is 19.3 Å². The fourth-order valence-electron chi connectivity index (χ4n) is 3.26. The summed E-state index contributed by atoms with van der Waals surface area (Å²) in [6, 6.07) is 12.7. The summed E-state index contributed by atoms with van der Waals surface area (Å²) < 4.78 is 27.8. The summed E-state index contributed by atoms with van der Waals surface area (Å²) in [6.45, 7) is 2.47. The van der Waals surface area contributed by atoms with Gasteiger partial charge in [0.25, 0.3) is 10.0 Å². The van der Waals surface area contributed by atoms with Gasteiger partial charge in [-0.1, -0.05) is 6.07 Å². The molecule has 0 fully saturated rings. The number of fused-ring (bicyclic) bond motifs is 1. The van der Waals surface area contributed by atoms with E-state index in [1.54, 1.807) is 30.7 Å². The zero-order chi connectivity index (χ0) is 20.4. The smallest absolute Gasteiger partial charge is 0.269 e. The lowest BCUT2D eigenvalue weighted by Gasteiger charge is -2.11. The van der Waals surface area contributed by atoms with E-state index in [9.17, 15) is 8.42 Å². The Hall–Kier alpha value is -2.94. The highest BCUT2D eigenvalue weighted by atomic mass is 35.5. The first-order valence-corrected chi connectivity index (χ1v) is 10.6. The van der Waals surface area contributed by atoms with E-state index in [2.05, 4.69) is 20.6 Å². The topological polar surface area (TPSA) is 88.9 Å². The maximum absolute atomic E-state index is 13.3. The number of aryl methyl sites for hydroxylation is 1. The van der Waals surface area contributed by atoms with Crippen LogP contribution >= 0.6 is 12.4 Å². The molecule has 0 saturated carbocycles. The molecule has 4 aromatic rings. The number of pyridine rings is 2.